The van der Waals surface area contributed by atoms with Crippen LogP contribution in [0.2, 0.25) is 0 Å². The van der Waals surface area contributed by atoms with Gasteiger partial charge in [0, 0.05) is 0 Å². The molecule has 4 N–H and O–H groups in total. The van der Waals surface area contributed by atoms with Gasteiger partial charge in [0.15, 0.2) is 0 Å². The Hall–Kier alpha value is 0.690. The number of nitrogens with two attached hydrogens (primary N) is 1. The molecule has 0 aromatic heterocycles. The summed E-state index contributed by atoms with van der Waals surface area (Å²) in [6, 6.07) is 0. The van der Waals surface area contributed by atoms with E-state index in [1.807, 2.05) is 0 Å². The fourth-order valence-electron chi connectivity index (χ4n) is 0.232. The number of alkyl halides is 2. The van der Waals surface area contributed by atoms with Crippen molar-refractivity contribution >= 4 is 30.8 Å². The topological polar surface area (TPSA) is 83.6 Å². The van der Waals surface area contributed by atoms with E-state index in [1.54, 1.807) is 0 Å². The lowest BCUT2D eigenvalue weighted by Crippen LogP contribution is -2.40. The molecule has 10 heavy (non-hydrogen) atoms. The van der Waals surface area contributed by atoms with Gasteiger partial charge in [0.2, 0.25) is 4.74 Å². The largest absolute Gasteiger partial charge is 0.361 e. The van der Waals surface area contributed by atoms with Crippen LogP contribution in [-0.4, -0.2) is 19.9 Å². The molecule has 62 valence electrons. The Morgan fingerprint density at radius 3 is 2.00 bits per heavy atom. The highest BCUT2D eigenvalue weighted by atomic mass is 35.5. The number of halogens is 2. The standard InChI is InChI=1S/C3H8Cl2NO3P/c1-2(4)3(5,6)10(7,8)9/h2H,6H2,1H3,(H2,7,8,9). The molecular formula is C3H8Cl2NO3P. The normalized spacial score (nSPS) is 21.8. The van der Waals surface area contributed by atoms with Crippen molar-refractivity contribution in [2.45, 2.75) is 17.0 Å². The molecule has 4 nitrogen and oxygen atoms in total. The van der Waals surface area contributed by atoms with E-state index in [4.69, 9.17) is 38.7 Å². The van der Waals surface area contributed by atoms with Gasteiger partial charge in [-0.05, 0) is 6.92 Å². The lowest BCUT2D eigenvalue weighted by molar-refractivity contribution is 0.349. The number of hydrogen-bond acceptors (Lipinski definition) is 2. The van der Waals surface area contributed by atoms with Crippen LogP contribution in [0.4, 0.5) is 0 Å². The number of hydrogen-bond donors (Lipinski definition) is 3. The molecule has 2 unspecified atom stereocenters. The van der Waals surface area contributed by atoms with Crippen LogP contribution in [0.25, 0.3) is 0 Å². The minimum Gasteiger partial charge on any atom is -0.322 e. The van der Waals surface area contributed by atoms with Gasteiger partial charge in [0.1, 0.15) is 0 Å². The minimum atomic E-state index is -4.51. The first-order chi connectivity index (χ1) is 4.19. The van der Waals surface area contributed by atoms with Crippen LogP contribution in [-0.2, 0) is 4.57 Å². The molecular weight excluding hydrogens is 200 g/mol. The molecule has 0 radical (unpaired) electrons. The Balaban J connectivity index is 4.58. The second-order valence-corrected chi connectivity index (χ2v) is 5.26. The van der Waals surface area contributed by atoms with E-state index in [0.717, 1.165) is 0 Å². The van der Waals surface area contributed by atoms with E-state index < -0.39 is 17.7 Å². The highest BCUT2D eigenvalue weighted by molar-refractivity contribution is 7.55. The molecule has 0 bridgehead atoms. The zero-order chi connectivity index (χ0) is 8.58. The van der Waals surface area contributed by atoms with Crippen molar-refractivity contribution in [2.24, 2.45) is 5.73 Å². The molecule has 0 aliphatic heterocycles. The molecule has 0 rings (SSSR count). The summed E-state index contributed by atoms with van der Waals surface area (Å²) >= 11 is 10.5. The molecule has 0 spiro atoms. The summed E-state index contributed by atoms with van der Waals surface area (Å²) in [7, 11) is -4.51. The zero-order valence-corrected chi connectivity index (χ0v) is 7.57. The van der Waals surface area contributed by atoms with Crippen LogP contribution < -0.4 is 5.73 Å². The Bertz CT molecular complexity index is 165. The Morgan fingerprint density at radius 1 is 1.70 bits per heavy atom. The summed E-state index contributed by atoms with van der Waals surface area (Å²) in [5.41, 5.74) is 5.01. The monoisotopic (exact) mass is 207 g/mol. The summed E-state index contributed by atoms with van der Waals surface area (Å²) in [6.45, 7) is 1.31. The van der Waals surface area contributed by atoms with Crippen molar-refractivity contribution in [3.8, 4) is 0 Å². The van der Waals surface area contributed by atoms with Gasteiger partial charge < -0.3 is 15.5 Å². The lowest BCUT2D eigenvalue weighted by Gasteiger charge is -2.24. The summed E-state index contributed by atoms with van der Waals surface area (Å²) in [5, 5.41) is -0.991. The molecule has 0 aliphatic carbocycles. The van der Waals surface area contributed by atoms with Gasteiger partial charge >= 0.3 is 7.60 Å². The second kappa shape index (κ2) is 2.97. The third kappa shape index (κ3) is 2.09. The molecule has 0 amide bonds. The van der Waals surface area contributed by atoms with E-state index in [1.165, 1.54) is 6.92 Å². The SMILES string of the molecule is CC(Cl)C(N)(Cl)P(=O)(O)O. The van der Waals surface area contributed by atoms with Crippen molar-refractivity contribution < 1.29 is 14.4 Å². The summed E-state index contributed by atoms with van der Waals surface area (Å²) in [5.74, 6) is 0. The van der Waals surface area contributed by atoms with Gasteiger partial charge in [-0.2, -0.15) is 0 Å². The van der Waals surface area contributed by atoms with Crippen molar-refractivity contribution in [1.29, 1.82) is 0 Å². The fourth-order valence-corrected chi connectivity index (χ4v) is 1.08. The van der Waals surface area contributed by atoms with Gasteiger partial charge in [-0.3, -0.25) is 4.57 Å². The van der Waals surface area contributed by atoms with E-state index in [2.05, 4.69) is 0 Å². The lowest BCUT2D eigenvalue weighted by atomic mass is 10.5. The first-order valence-electron chi connectivity index (χ1n) is 2.37. The highest BCUT2D eigenvalue weighted by Crippen LogP contribution is 2.52. The van der Waals surface area contributed by atoms with E-state index in [0.29, 0.717) is 0 Å². The second-order valence-electron chi connectivity index (χ2n) is 1.89. The van der Waals surface area contributed by atoms with Crippen LogP contribution in [0.1, 0.15) is 6.92 Å². The summed E-state index contributed by atoms with van der Waals surface area (Å²) in [6.07, 6.45) is 0. The highest BCUT2D eigenvalue weighted by Gasteiger charge is 2.45. The van der Waals surface area contributed by atoms with Crippen molar-refractivity contribution in [2.75, 3.05) is 0 Å². The van der Waals surface area contributed by atoms with Crippen molar-refractivity contribution in [3.05, 3.63) is 0 Å². The molecule has 0 aromatic carbocycles. The van der Waals surface area contributed by atoms with E-state index >= 15 is 0 Å². The van der Waals surface area contributed by atoms with Gasteiger partial charge in [-0.25, -0.2) is 0 Å². The zero-order valence-electron chi connectivity index (χ0n) is 5.16. The van der Waals surface area contributed by atoms with E-state index in [-0.39, 0.29) is 0 Å². The van der Waals surface area contributed by atoms with Crippen LogP contribution in [0.15, 0.2) is 0 Å². The molecule has 0 aliphatic rings. The Kier molecular flexibility index (Phi) is 3.18. The Labute approximate surface area is 68.5 Å². The smallest absolute Gasteiger partial charge is 0.322 e. The molecule has 0 aromatic rings. The number of rotatable bonds is 2. The predicted octanol–water partition coefficient (Wildman–Crippen LogP) is 0.643. The predicted molar refractivity (Wildman–Crippen MR) is 40.1 cm³/mol. The van der Waals surface area contributed by atoms with Gasteiger partial charge in [0.05, 0.1) is 5.38 Å². The van der Waals surface area contributed by atoms with Crippen molar-refractivity contribution in [1.82, 2.24) is 0 Å². The van der Waals surface area contributed by atoms with Crippen LogP contribution in [0, 0.1) is 0 Å². The maximum atomic E-state index is 10.4. The molecule has 0 saturated heterocycles. The van der Waals surface area contributed by atoms with Crippen LogP contribution >= 0.6 is 30.8 Å². The third-order valence-electron chi connectivity index (χ3n) is 1.00. The Morgan fingerprint density at radius 2 is 2.00 bits per heavy atom. The first kappa shape index (κ1) is 10.7. The van der Waals surface area contributed by atoms with Crippen LogP contribution in [0.3, 0.4) is 0 Å². The molecule has 7 heteroatoms. The quantitative estimate of drug-likeness (QED) is 0.353. The maximum absolute atomic E-state index is 10.4. The van der Waals surface area contributed by atoms with Crippen LogP contribution in [0.5, 0.6) is 0 Å². The average molecular weight is 208 g/mol. The fraction of sp³-hybridized carbons (Fsp3) is 1.00. The molecule has 2 atom stereocenters. The minimum absolute atomic E-state index is 0.991. The summed E-state index contributed by atoms with van der Waals surface area (Å²) in [4.78, 5) is 17.0. The van der Waals surface area contributed by atoms with Gasteiger partial charge in [-0.1, -0.05) is 11.6 Å². The van der Waals surface area contributed by atoms with Gasteiger partial charge in [0.25, 0.3) is 0 Å². The molecule has 0 saturated carbocycles. The van der Waals surface area contributed by atoms with Crippen molar-refractivity contribution in [3.63, 3.8) is 0 Å². The molecule has 0 fully saturated rings. The maximum Gasteiger partial charge on any atom is 0.361 e. The van der Waals surface area contributed by atoms with Gasteiger partial charge in [-0.15, -0.1) is 11.6 Å². The molecule has 0 heterocycles. The third-order valence-corrected chi connectivity index (χ3v) is 3.88. The first-order valence-corrected chi connectivity index (χ1v) is 4.79. The average Bonchev–Trinajstić information content (AvgIpc) is 1.62. The summed E-state index contributed by atoms with van der Waals surface area (Å²) < 4.78 is 8.29. The van der Waals surface area contributed by atoms with E-state index in [9.17, 15) is 4.57 Å².